The zero-order chi connectivity index (χ0) is 13.8. The topological polar surface area (TPSA) is 53.0 Å². The molecule has 3 nitrogen and oxygen atoms in total. The minimum atomic E-state index is 0.440. The zero-order valence-corrected chi connectivity index (χ0v) is 12.0. The zero-order valence-electron chi connectivity index (χ0n) is 11.3. The number of rotatable bonds is 3. The van der Waals surface area contributed by atoms with Crippen molar-refractivity contribution in [3.05, 3.63) is 34.3 Å². The molecule has 0 radical (unpaired) electrons. The Morgan fingerprint density at radius 1 is 1.53 bits per heavy atom. The first-order valence-electron chi connectivity index (χ1n) is 6.76. The molecular formula is C15H20ClN3. The molecule has 2 atom stereocenters. The van der Waals surface area contributed by atoms with Gasteiger partial charge in [-0.25, -0.2) is 0 Å². The number of likely N-dealkylation sites (tertiary alicyclic amines) is 1. The number of nitrogens with zero attached hydrogens (tertiary/aromatic N) is 2. The highest BCUT2D eigenvalue weighted by Gasteiger charge is 2.25. The summed E-state index contributed by atoms with van der Waals surface area (Å²) in [5.41, 5.74) is 7.56. The van der Waals surface area contributed by atoms with E-state index in [1.807, 2.05) is 12.1 Å². The normalized spacial score (nSPS) is 24.1. The second-order valence-corrected chi connectivity index (χ2v) is 5.81. The SMILES string of the molecule is CC1CCN(Cc2ccc(C#N)cc2Cl)C(CN)C1. The number of hydrogen-bond acceptors (Lipinski definition) is 3. The minimum absolute atomic E-state index is 0.440. The minimum Gasteiger partial charge on any atom is -0.329 e. The third-order valence-electron chi connectivity index (χ3n) is 3.93. The van der Waals surface area contributed by atoms with Crippen molar-refractivity contribution >= 4 is 11.6 Å². The lowest BCUT2D eigenvalue weighted by molar-refractivity contribution is 0.115. The van der Waals surface area contributed by atoms with Gasteiger partial charge in [-0.1, -0.05) is 24.6 Å². The molecule has 0 saturated carbocycles. The molecule has 1 aliphatic heterocycles. The summed E-state index contributed by atoms with van der Waals surface area (Å²) in [6.45, 7) is 4.87. The number of benzene rings is 1. The van der Waals surface area contributed by atoms with Crippen LogP contribution in [-0.4, -0.2) is 24.0 Å². The number of hydrogen-bond donors (Lipinski definition) is 1. The fourth-order valence-corrected chi connectivity index (χ4v) is 2.96. The predicted octanol–water partition coefficient (Wildman–Crippen LogP) is 2.77. The molecule has 2 N–H and O–H groups in total. The molecule has 0 amide bonds. The first-order chi connectivity index (χ1) is 9.13. The Morgan fingerprint density at radius 3 is 2.95 bits per heavy atom. The summed E-state index contributed by atoms with van der Waals surface area (Å²) in [5.74, 6) is 0.751. The molecule has 0 aliphatic carbocycles. The van der Waals surface area contributed by atoms with Crippen molar-refractivity contribution in [3.8, 4) is 6.07 Å². The fourth-order valence-electron chi connectivity index (χ4n) is 2.72. The van der Waals surface area contributed by atoms with E-state index >= 15 is 0 Å². The van der Waals surface area contributed by atoms with Crippen molar-refractivity contribution in [2.45, 2.75) is 32.4 Å². The molecule has 0 bridgehead atoms. The Balaban J connectivity index is 2.10. The van der Waals surface area contributed by atoms with Crippen molar-refractivity contribution in [2.75, 3.05) is 13.1 Å². The van der Waals surface area contributed by atoms with Gasteiger partial charge in [-0.2, -0.15) is 5.26 Å². The Hall–Kier alpha value is -1.08. The average molecular weight is 278 g/mol. The monoisotopic (exact) mass is 277 g/mol. The number of nitrogens with two attached hydrogens (primary N) is 1. The molecule has 19 heavy (non-hydrogen) atoms. The molecule has 2 rings (SSSR count). The number of nitriles is 1. The van der Waals surface area contributed by atoms with Crippen molar-refractivity contribution in [1.29, 1.82) is 5.26 Å². The summed E-state index contributed by atoms with van der Waals surface area (Å²) < 4.78 is 0. The van der Waals surface area contributed by atoms with E-state index in [2.05, 4.69) is 17.9 Å². The smallest absolute Gasteiger partial charge is 0.0992 e. The van der Waals surface area contributed by atoms with Gasteiger partial charge in [0.15, 0.2) is 0 Å². The maximum absolute atomic E-state index is 8.85. The third kappa shape index (κ3) is 3.48. The highest BCUT2D eigenvalue weighted by molar-refractivity contribution is 6.31. The van der Waals surface area contributed by atoms with Gasteiger partial charge in [0.2, 0.25) is 0 Å². The molecule has 0 aromatic heterocycles. The first kappa shape index (κ1) is 14.3. The van der Waals surface area contributed by atoms with Crippen LogP contribution in [0.1, 0.15) is 30.9 Å². The number of piperidine rings is 1. The van der Waals surface area contributed by atoms with Crippen LogP contribution < -0.4 is 5.73 Å². The molecule has 1 heterocycles. The van der Waals surface area contributed by atoms with Gasteiger partial charge in [-0.3, -0.25) is 4.90 Å². The van der Waals surface area contributed by atoms with Crippen LogP contribution in [0.25, 0.3) is 0 Å². The van der Waals surface area contributed by atoms with E-state index in [1.165, 1.54) is 6.42 Å². The maximum atomic E-state index is 8.85. The van der Waals surface area contributed by atoms with Crippen LogP contribution in [-0.2, 0) is 6.54 Å². The lowest BCUT2D eigenvalue weighted by Gasteiger charge is -2.38. The van der Waals surface area contributed by atoms with Crippen LogP contribution in [0.15, 0.2) is 18.2 Å². The van der Waals surface area contributed by atoms with E-state index in [1.54, 1.807) is 6.07 Å². The van der Waals surface area contributed by atoms with E-state index in [0.717, 1.165) is 31.0 Å². The fraction of sp³-hybridized carbons (Fsp3) is 0.533. The lowest BCUT2D eigenvalue weighted by atomic mass is 9.92. The van der Waals surface area contributed by atoms with Crippen LogP contribution in [0.2, 0.25) is 5.02 Å². The Labute approximate surface area is 120 Å². The molecule has 1 aromatic rings. The van der Waals surface area contributed by atoms with Crippen LogP contribution >= 0.6 is 11.6 Å². The summed E-state index contributed by atoms with van der Waals surface area (Å²) in [6.07, 6.45) is 2.37. The molecule has 1 aromatic carbocycles. The van der Waals surface area contributed by atoms with Crippen molar-refractivity contribution in [1.82, 2.24) is 4.90 Å². The summed E-state index contributed by atoms with van der Waals surface area (Å²) in [6, 6.07) is 8.06. The second-order valence-electron chi connectivity index (χ2n) is 5.41. The summed E-state index contributed by atoms with van der Waals surface area (Å²) >= 11 is 6.24. The molecule has 1 aliphatic rings. The second kappa shape index (κ2) is 6.38. The van der Waals surface area contributed by atoms with Gasteiger partial charge in [-0.15, -0.1) is 0 Å². The molecule has 102 valence electrons. The standard InChI is InChI=1S/C15H20ClN3/c1-11-4-5-19(14(6-11)9-18)10-13-3-2-12(8-17)7-15(13)16/h2-3,7,11,14H,4-6,9-10,18H2,1H3. The van der Waals surface area contributed by atoms with E-state index in [9.17, 15) is 0 Å². The Bertz CT molecular complexity index is 481. The van der Waals surface area contributed by atoms with Crippen LogP contribution in [0.4, 0.5) is 0 Å². The maximum Gasteiger partial charge on any atom is 0.0992 e. The van der Waals surface area contributed by atoms with E-state index in [-0.39, 0.29) is 0 Å². The molecule has 4 heteroatoms. The highest BCUT2D eigenvalue weighted by atomic mass is 35.5. The Kier molecular flexibility index (Phi) is 4.81. The van der Waals surface area contributed by atoms with Gasteiger partial charge < -0.3 is 5.73 Å². The van der Waals surface area contributed by atoms with Gasteiger partial charge >= 0.3 is 0 Å². The van der Waals surface area contributed by atoms with Gasteiger partial charge in [0.25, 0.3) is 0 Å². The van der Waals surface area contributed by atoms with Gasteiger partial charge in [-0.05, 0) is 43.0 Å². The van der Waals surface area contributed by atoms with E-state index in [4.69, 9.17) is 22.6 Å². The van der Waals surface area contributed by atoms with Crippen molar-refractivity contribution in [3.63, 3.8) is 0 Å². The third-order valence-corrected chi connectivity index (χ3v) is 4.28. The summed E-state index contributed by atoms with van der Waals surface area (Å²) in [5, 5.41) is 9.52. The summed E-state index contributed by atoms with van der Waals surface area (Å²) in [7, 11) is 0. The molecule has 0 spiro atoms. The van der Waals surface area contributed by atoms with Crippen LogP contribution in [0.3, 0.4) is 0 Å². The van der Waals surface area contributed by atoms with Crippen LogP contribution in [0, 0.1) is 17.2 Å². The first-order valence-corrected chi connectivity index (χ1v) is 7.14. The Morgan fingerprint density at radius 2 is 2.32 bits per heavy atom. The molecular weight excluding hydrogens is 258 g/mol. The summed E-state index contributed by atoms with van der Waals surface area (Å²) in [4.78, 5) is 2.41. The van der Waals surface area contributed by atoms with Crippen molar-refractivity contribution in [2.24, 2.45) is 11.7 Å². The largest absolute Gasteiger partial charge is 0.329 e. The molecule has 2 unspecified atom stereocenters. The van der Waals surface area contributed by atoms with E-state index < -0.39 is 0 Å². The molecule has 1 fully saturated rings. The predicted molar refractivity (Wildman–Crippen MR) is 77.8 cm³/mol. The van der Waals surface area contributed by atoms with Gasteiger partial charge in [0, 0.05) is 24.2 Å². The number of halogens is 1. The highest BCUT2D eigenvalue weighted by Crippen LogP contribution is 2.26. The molecule has 1 saturated heterocycles. The lowest BCUT2D eigenvalue weighted by Crippen LogP contribution is -2.45. The van der Waals surface area contributed by atoms with Gasteiger partial charge in [0.1, 0.15) is 0 Å². The van der Waals surface area contributed by atoms with Gasteiger partial charge in [0.05, 0.1) is 11.6 Å². The van der Waals surface area contributed by atoms with Crippen LogP contribution in [0.5, 0.6) is 0 Å². The average Bonchev–Trinajstić information content (AvgIpc) is 2.42. The van der Waals surface area contributed by atoms with E-state index in [0.29, 0.717) is 23.2 Å². The van der Waals surface area contributed by atoms with Crippen molar-refractivity contribution < 1.29 is 0 Å². The quantitative estimate of drug-likeness (QED) is 0.924.